The molecule has 0 saturated heterocycles. The summed E-state index contributed by atoms with van der Waals surface area (Å²) in [5.74, 6) is 1.15. The molecule has 120 valence electrons. The molecule has 0 unspecified atom stereocenters. The highest BCUT2D eigenvalue weighted by Gasteiger charge is 2.25. The molecule has 0 saturated carbocycles. The fraction of sp³-hybridized carbons (Fsp3) is 0.368. The Morgan fingerprint density at radius 2 is 1.45 bits per heavy atom. The summed E-state index contributed by atoms with van der Waals surface area (Å²) in [5.41, 5.74) is 6.90. The van der Waals surface area contributed by atoms with E-state index in [0.29, 0.717) is 0 Å². The molecule has 0 N–H and O–H groups in total. The van der Waals surface area contributed by atoms with Gasteiger partial charge in [0.05, 0.1) is 0 Å². The molecule has 0 aromatic carbocycles. The second-order valence-corrected chi connectivity index (χ2v) is 6.79. The number of nitrogens with zero attached hydrogens (tertiary/aromatic N) is 2. The van der Waals surface area contributed by atoms with E-state index < -0.39 is 0 Å². The van der Waals surface area contributed by atoms with Gasteiger partial charge >= 0.3 is 0 Å². The zero-order valence-electron chi connectivity index (χ0n) is 14.9. The maximum atomic E-state index is 4.49. The lowest BCUT2D eigenvalue weighted by atomic mass is 9.89. The van der Waals surface area contributed by atoms with Crippen molar-refractivity contribution in [1.29, 1.82) is 0 Å². The van der Waals surface area contributed by atoms with Crippen LogP contribution < -0.4 is 0 Å². The van der Waals surface area contributed by atoms with Gasteiger partial charge in [-0.2, -0.15) is 0 Å². The number of hydrogen-bond acceptors (Lipinski definition) is 3. The van der Waals surface area contributed by atoms with E-state index in [1.54, 1.807) is 0 Å². The monoisotopic (exact) mass is 316 g/mol. The van der Waals surface area contributed by atoms with Crippen LogP contribution in [0.5, 0.6) is 0 Å². The Kier molecular flexibility index (Phi) is 5.95. The van der Waals surface area contributed by atoms with E-state index in [0.717, 1.165) is 21.9 Å². The van der Waals surface area contributed by atoms with E-state index in [1.807, 2.05) is 0 Å². The molecular formula is C19H28N2S. The van der Waals surface area contributed by atoms with Gasteiger partial charge in [-0.25, -0.2) is 0 Å². The van der Waals surface area contributed by atoms with Crippen LogP contribution in [0.3, 0.4) is 0 Å². The summed E-state index contributed by atoms with van der Waals surface area (Å²) in [5, 5.41) is 0. The molecular weight excluding hydrogens is 288 g/mol. The minimum Gasteiger partial charge on any atom is -0.364 e. The van der Waals surface area contributed by atoms with Gasteiger partial charge in [0.2, 0.25) is 0 Å². The van der Waals surface area contributed by atoms with Crippen LogP contribution in [0.25, 0.3) is 0 Å². The van der Waals surface area contributed by atoms with Crippen LogP contribution in [0.15, 0.2) is 69.5 Å². The van der Waals surface area contributed by atoms with Gasteiger partial charge in [0.25, 0.3) is 0 Å². The molecule has 0 fully saturated rings. The zero-order valence-corrected chi connectivity index (χ0v) is 15.8. The highest BCUT2D eigenvalue weighted by Crippen LogP contribution is 2.40. The van der Waals surface area contributed by atoms with E-state index in [2.05, 4.69) is 96.7 Å². The summed E-state index contributed by atoms with van der Waals surface area (Å²) in [6, 6.07) is 0. The van der Waals surface area contributed by atoms with Crippen molar-refractivity contribution in [3.63, 3.8) is 0 Å². The Hall–Kier alpha value is -1.61. The van der Waals surface area contributed by atoms with E-state index in [9.17, 15) is 0 Å². The van der Waals surface area contributed by atoms with Crippen LogP contribution in [0.4, 0.5) is 0 Å². The second-order valence-electron chi connectivity index (χ2n) is 6.25. The maximum Gasteiger partial charge on any atom is 0.111 e. The van der Waals surface area contributed by atoms with Gasteiger partial charge in [-0.15, -0.1) is 12.6 Å². The van der Waals surface area contributed by atoms with Crippen molar-refractivity contribution in [2.75, 3.05) is 28.2 Å². The molecule has 0 aliphatic heterocycles. The third-order valence-corrected chi connectivity index (χ3v) is 3.77. The maximum absolute atomic E-state index is 4.49. The Bertz CT molecular complexity index is 612. The molecule has 0 amide bonds. The number of allylic oxidation sites excluding steroid dienone is 8. The first-order valence-corrected chi connectivity index (χ1v) is 7.77. The summed E-state index contributed by atoms with van der Waals surface area (Å²) in [7, 11) is 8.24. The Morgan fingerprint density at radius 3 is 1.77 bits per heavy atom. The lowest BCUT2D eigenvalue weighted by molar-refractivity contribution is 0.339. The largest absolute Gasteiger partial charge is 0.364 e. The molecule has 22 heavy (non-hydrogen) atoms. The number of hydrogen-bond donors (Lipinski definition) is 1. The summed E-state index contributed by atoms with van der Waals surface area (Å²) in [6.45, 7) is 14.5. The quantitative estimate of drug-likeness (QED) is 0.587. The first kappa shape index (κ1) is 18.4. The average molecular weight is 317 g/mol. The van der Waals surface area contributed by atoms with Gasteiger partial charge in [0, 0.05) is 44.2 Å². The van der Waals surface area contributed by atoms with Gasteiger partial charge in [0.1, 0.15) is 5.82 Å². The van der Waals surface area contributed by atoms with E-state index in [4.69, 9.17) is 0 Å². The number of thiol groups is 1. The van der Waals surface area contributed by atoms with Crippen molar-refractivity contribution in [3.8, 4) is 0 Å². The Labute approximate surface area is 141 Å². The SMILES string of the molecule is C=C(C)C(=C(C)C)C1=C(C(=C)S)C=CC1=C(N(C)C)N(C)C. The van der Waals surface area contributed by atoms with Crippen LogP contribution >= 0.6 is 12.6 Å². The molecule has 0 aromatic heterocycles. The highest BCUT2D eigenvalue weighted by atomic mass is 32.1. The van der Waals surface area contributed by atoms with Crippen LogP contribution in [-0.4, -0.2) is 38.0 Å². The Balaban J connectivity index is 3.81. The molecule has 0 aromatic rings. The van der Waals surface area contributed by atoms with Crippen LogP contribution in [0.2, 0.25) is 0 Å². The normalized spacial score (nSPS) is 13.4. The molecule has 0 heterocycles. The van der Waals surface area contributed by atoms with Crippen molar-refractivity contribution in [2.24, 2.45) is 0 Å². The molecule has 2 nitrogen and oxygen atoms in total. The molecule has 3 heteroatoms. The molecule has 1 aliphatic rings. The first-order chi connectivity index (χ1) is 10.1. The highest BCUT2D eigenvalue weighted by molar-refractivity contribution is 7.84. The minimum absolute atomic E-state index is 0.776. The molecule has 1 aliphatic carbocycles. The first-order valence-electron chi connectivity index (χ1n) is 7.33. The smallest absolute Gasteiger partial charge is 0.111 e. The molecule has 0 radical (unpaired) electrons. The van der Waals surface area contributed by atoms with E-state index >= 15 is 0 Å². The van der Waals surface area contributed by atoms with Crippen molar-refractivity contribution in [2.45, 2.75) is 20.8 Å². The standard InChI is InChI=1S/C19H28N2S/c1-12(2)17(13(3)4)18-15(14(5)22)10-11-16(18)19(20(6)7)21(8)9/h10-11,22H,1,5H2,2-4,6-9H3. The zero-order chi connectivity index (χ0) is 17.2. The molecule has 0 atom stereocenters. The number of rotatable bonds is 5. The van der Waals surface area contributed by atoms with Crippen LogP contribution in [0.1, 0.15) is 20.8 Å². The topological polar surface area (TPSA) is 6.48 Å². The third-order valence-electron chi connectivity index (χ3n) is 3.53. The third kappa shape index (κ3) is 3.58. The molecule has 1 rings (SSSR count). The fourth-order valence-electron chi connectivity index (χ4n) is 2.95. The molecule has 0 spiro atoms. The second kappa shape index (κ2) is 7.10. The molecule has 0 bridgehead atoms. The van der Waals surface area contributed by atoms with Gasteiger partial charge in [-0.3, -0.25) is 0 Å². The Morgan fingerprint density at radius 1 is 0.955 bits per heavy atom. The van der Waals surface area contributed by atoms with Gasteiger partial charge in [-0.1, -0.05) is 36.5 Å². The fourth-order valence-corrected chi connectivity index (χ4v) is 3.13. The van der Waals surface area contributed by atoms with Gasteiger partial charge < -0.3 is 9.80 Å². The van der Waals surface area contributed by atoms with Crippen molar-refractivity contribution >= 4 is 12.6 Å². The van der Waals surface area contributed by atoms with E-state index in [-0.39, 0.29) is 0 Å². The summed E-state index contributed by atoms with van der Waals surface area (Å²) in [6.07, 6.45) is 4.24. The van der Waals surface area contributed by atoms with Crippen LogP contribution in [0, 0.1) is 0 Å². The average Bonchev–Trinajstić information content (AvgIpc) is 2.71. The lowest BCUT2D eigenvalue weighted by Gasteiger charge is -2.28. The van der Waals surface area contributed by atoms with Gasteiger partial charge in [-0.05, 0) is 31.9 Å². The van der Waals surface area contributed by atoms with Crippen molar-refractivity contribution in [3.05, 3.63) is 69.5 Å². The van der Waals surface area contributed by atoms with E-state index in [1.165, 1.54) is 22.3 Å². The van der Waals surface area contributed by atoms with Crippen molar-refractivity contribution in [1.82, 2.24) is 9.80 Å². The van der Waals surface area contributed by atoms with Gasteiger partial charge in [0.15, 0.2) is 0 Å². The predicted molar refractivity (Wildman–Crippen MR) is 102 cm³/mol. The predicted octanol–water partition coefficient (Wildman–Crippen LogP) is 4.54. The summed E-state index contributed by atoms with van der Waals surface area (Å²) >= 11 is 4.49. The minimum atomic E-state index is 0.776. The van der Waals surface area contributed by atoms with Crippen LogP contribution in [-0.2, 0) is 0 Å². The lowest BCUT2D eigenvalue weighted by Crippen LogP contribution is -2.26. The summed E-state index contributed by atoms with van der Waals surface area (Å²) < 4.78 is 0. The van der Waals surface area contributed by atoms with Crippen molar-refractivity contribution < 1.29 is 0 Å². The summed E-state index contributed by atoms with van der Waals surface area (Å²) in [4.78, 5) is 5.04.